The van der Waals surface area contributed by atoms with Crippen LogP contribution in [0, 0.1) is 6.92 Å². The Hall–Kier alpha value is -4.52. The van der Waals surface area contributed by atoms with Crippen molar-refractivity contribution in [2.75, 3.05) is 19.5 Å². The predicted octanol–water partition coefficient (Wildman–Crippen LogP) is 7.73. The number of anilines is 1. The van der Waals surface area contributed by atoms with Gasteiger partial charge in [0, 0.05) is 19.0 Å². The van der Waals surface area contributed by atoms with Gasteiger partial charge in [0.15, 0.2) is 5.76 Å². The van der Waals surface area contributed by atoms with E-state index >= 15 is 0 Å². The van der Waals surface area contributed by atoms with Gasteiger partial charge < -0.3 is 24.5 Å². The summed E-state index contributed by atoms with van der Waals surface area (Å²) >= 11 is 0. The quantitative estimate of drug-likeness (QED) is 0.207. The lowest BCUT2D eigenvalue weighted by Crippen LogP contribution is -2.34. The van der Waals surface area contributed by atoms with Crippen LogP contribution in [-0.4, -0.2) is 26.0 Å². The number of hydrogen-bond donors (Lipinski definition) is 2. The van der Waals surface area contributed by atoms with Gasteiger partial charge in [0.05, 0.1) is 25.5 Å². The molecule has 0 saturated heterocycles. The van der Waals surface area contributed by atoms with Crippen molar-refractivity contribution in [1.82, 2.24) is 5.32 Å². The van der Waals surface area contributed by atoms with Gasteiger partial charge in [0.25, 0.3) is 11.8 Å². The lowest BCUT2D eigenvalue weighted by atomic mass is 9.62. The van der Waals surface area contributed by atoms with E-state index in [0.717, 1.165) is 12.0 Å². The molecule has 2 amide bonds. The van der Waals surface area contributed by atoms with Crippen molar-refractivity contribution < 1.29 is 23.5 Å². The maximum Gasteiger partial charge on any atom is 0.291 e. The second kappa shape index (κ2) is 12.2. The van der Waals surface area contributed by atoms with Crippen molar-refractivity contribution in [3.63, 3.8) is 0 Å². The molecule has 2 N–H and O–H groups in total. The van der Waals surface area contributed by atoms with Crippen LogP contribution < -0.4 is 20.1 Å². The Balaban J connectivity index is 1.28. The zero-order valence-electron chi connectivity index (χ0n) is 26.7. The van der Waals surface area contributed by atoms with Gasteiger partial charge >= 0.3 is 0 Å². The van der Waals surface area contributed by atoms with Crippen LogP contribution in [0.2, 0.25) is 0 Å². The fraction of sp³-hybridized carbons (Fsp3) is 0.351. The molecule has 1 aliphatic rings. The summed E-state index contributed by atoms with van der Waals surface area (Å²) in [7, 11) is 3.16. The summed E-state index contributed by atoms with van der Waals surface area (Å²) in [5, 5.41) is 5.77. The highest BCUT2D eigenvalue weighted by Gasteiger charge is 2.37. The molecule has 230 valence electrons. The smallest absolute Gasteiger partial charge is 0.291 e. The fourth-order valence-corrected chi connectivity index (χ4v) is 5.96. The Morgan fingerprint density at radius 1 is 0.818 bits per heavy atom. The molecular weight excluding hydrogens is 552 g/mol. The first kappa shape index (κ1) is 30.9. The lowest BCUT2D eigenvalue weighted by Gasteiger charge is -2.42. The first-order valence-corrected chi connectivity index (χ1v) is 15.0. The maximum atomic E-state index is 13.2. The largest absolute Gasteiger partial charge is 0.497 e. The molecule has 0 saturated carbocycles. The van der Waals surface area contributed by atoms with E-state index in [2.05, 4.69) is 57.4 Å². The number of benzene rings is 3. The number of methoxy groups -OCH3 is 2. The van der Waals surface area contributed by atoms with Gasteiger partial charge in [-0.15, -0.1) is 0 Å². The molecular formula is C37H42N2O5. The minimum atomic E-state index is -0.418. The molecule has 0 spiro atoms. The summed E-state index contributed by atoms with van der Waals surface area (Å²) in [6.07, 6.45) is 2.91. The Labute approximate surface area is 260 Å². The third-order valence-corrected chi connectivity index (χ3v) is 8.84. The van der Waals surface area contributed by atoms with Gasteiger partial charge in [-0.25, -0.2) is 0 Å². The average Bonchev–Trinajstić information content (AvgIpc) is 3.48. The van der Waals surface area contributed by atoms with Gasteiger partial charge in [-0.05, 0) is 94.8 Å². The van der Waals surface area contributed by atoms with E-state index in [4.69, 9.17) is 13.9 Å². The topological polar surface area (TPSA) is 89.8 Å². The monoisotopic (exact) mass is 594 g/mol. The van der Waals surface area contributed by atoms with Crippen LogP contribution in [0.15, 0.2) is 71.1 Å². The molecule has 0 aliphatic heterocycles. The van der Waals surface area contributed by atoms with E-state index in [-0.39, 0.29) is 29.0 Å². The predicted molar refractivity (Wildman–Crippen MR) is 173 cm³/mol. The SMILES string of the molecule is COc1cc(CNC(=O)c2ccccc2NC(=O)c2ccc(Cc3cc4c(cc3C)C(C)(C)CCC4(C)C)o2)cc(OC)c1. The molecule has 7 nitrogen and oxygen atoms in total. The normalized spacial score (nSPS) is 14.8. The number of ether oxygens (including phenoxy) is 2. The Morgan fingerprint density at radius 3 is 2.11 bits per heavy atom. The summed E-state index contributed by atoms with van der Waals surface area (Å²) in [6, 6.07) is 20.6. The molecule has 1 aliphatic carbocycles. The van der Waals surface area contributed by atoms with Crippen molar-refractivity contribution in [3.8, 4) is 11.5 Å². The Kier molecular flexibility index (Phi) is 8.60. The molecule has 44 heavy (non-hydrogen) atoms. The van der Waals surface area contributed by atoms with Crippen LogP contribution in [0.3, 0.4) is 0 Å². The van der Waals surface area contributed by atoms with Crippen LogP contribution in [-0.2, 0) is 23.8 Å². The van der Waals surface area contributed by atoms with Crippen LogP contribution in [0.25, 0.3) is 0 Å². The average molecular weight is 595 g/mol. The van der Waals surface area contributed by atoms with Gasteiger partial charge in [-0.3, -0.25) is 9.59 Å². The summed E-state index contributed by atoms with van der Waals surface area (Å²) < 4.78 is 16.7. The first-order chi connectivity index (χ1) is 20.9. The molecule has 1 heterocycles. The molecule has 0 bridgehead atoms. The number of amides is 2. The molecule has 0 radical (unpaired) electrons. The molecule has 0 unspecified atom stereocenters. The fourth-order valence-electron chi connectivity index (χ4n) is 5.96. The maximum absolute atomic E-state index is 13.2. The van der Waals surface area contributed by atoms with Crippen LogP contribution in [0.5, 0.6) is 11.5 Å². The standard InChI is InChI=1S/C37H42N2O5/c1-23-16-30-31(37(4,5)15-14-36(30,2)3)20-25(23)19-26-12-13-33(44-26)35(41)39-32-11-9-8-10-29(32)34(40)38-22-24-17-27(42-6)21-28(18-24)43-7/h8-13,16-18,20-21H,14-15,19,22H2,1-7H3,(H,38,40)(H,39,41). The molecule has 3 aromatic carbocycles. The minimum absolute atomic E-state index is 0.113. The second-order valence-corrected chi connectivity index (χ2v) is 12.9. The third kappa shape index (κ3) is 6.52. The number of furan rings is 1. The van der Waals surface area contributed by atoms with Crippen molar-refractivity contribution in [2.24, 2.45) is 0 Å². The second-order valence-electron chi connectivity index (χ2n) is 12.9. The van der Waals surface area contributed by atoms with E-state index in [1.807, 2.05) is 18.2 Å². The van der Waals surface area contributed by atoms with Crippen molar-refractivity contribution in [2.45, 2.75) is 71.3 Å². The van der Waals surface area contributed by atoms with Gasteiger partial charge in [-0.1, -0.05) is 52.0 Å². The highest BCUT2D eigenvalue weighted by molar-refractivity contribution is 6.07. The van der Waals surface area contributed by atoms with E-state index in [1.54, 1.807) is 50.6 Å². The zero-order chi connectivity index (χ0) is 31.6. The zero-order valence-corrected chi connectivity index (χ0v) is 26.7. The van der Waals surface area contributed by atoms with E-state index in [0.29, 0.717) is 34.9 Å². The Bertz CT molecular complexity index is 1680. The number of aryl methyl sites for hydroxylation is 1. The number of carbonyl (C=O) groups is 2. The number of carbonyl (C=O) groups excluding carboxylic acids is 2. The molecule has 0 atom stereocenters. The number of fused-ring (bicyclic) bond motifs is 1. The van der Waals surface area contributed by atoms with E-state index in [1.165, 1.54) is 28.7 Å². The number of hydrogen-bond acceptors (Lipinski definition) is 5. The van der Waals surface area contributed by atoms with Crippen molar-refractivity contribution in [3.05, 3.63) is 112 Å². The molecule has 1 aromatic heterocycles. The summed E-state index contributed by atoms with van der Waals surface area (Å²) in [4.78, 5) is 26.4. The number of para-hydroxylation sites is 1. The lowest BCUT2D eigenvalue weighted by molar-refractivity contribution is 0.0951. The highest BCUT2D eigenvalue weighted by atomic mass is 16.5. The molecule has 7 heteroatoms. The van der Waals surface area contributed by atoms with Gasteiger partial charge in [-0.2, -0.15) is 0 Å². The summed E-state index contributed by atoms with van der Waals surface area (Å²) in [6.45, 7) is 11.7. The highest BCUT2D eigenvalue weighted by Crippen LogP contribution is 2.46. The van der Waals surface area contributed by atoms with Gasteiger partial charge in [0.2, 0.25) is 0 Å². The van der Waals surface area contributed by atoms with Crippen LogP contribution in [0.1, 0.15) is 95.0 Å². The van der Waals surface area contributed by atoms with Crippen molar-refractivity contribution >= 4 is 17.5 Å². The van der Waals surface area contributed by atoms with Crippen LogP contribution in [0.4, 0.5) is 5.69 Å². The number of nitrogens with one attached hydrogen (secondary N) is 2. The van der Waals surface area contributed by atoms with Crippen molar-refractivity contribution in [1.29, 1.82) is 0 Å². The minimum Gasteiger partial charge on any atom is -0.497 e. The third-order valence-electron chi connectivity index (χ3n) is 8.84. The summed E-state index contributed by atoms with van der Waals surface area (Å²) in [5.74, 6) is 1.43. The van der Waals surface area contributed by atoms with E-state index < -0.39 is 5.91 Å². The molecule has 4 aromatic rings. The molecule has 5 rings (SSSR count). The molecule has 0 fully saturated rings. The van der Waals surface area contributed by atoms with Crippen LogP contribution >= 0.6 is 0 Å². The Morgan fingerprint density at radius 2 is 1.45 bits per heavy atom. The summed E-state index contributed by atoms with van der Waals surface area (Å²) in [5.41, 5.74) is 7.09. The first-order valence-electron chi connectivity index (χ1n) is 15.0. The van der Waals surface area contributed by atoms with Gasteiger partial charge in [0.1, 0.15) is 17.3 Å². The van der Waals surface area contributed by atoms with E-state index in [9.17, 15) is 9.59 Å². The number of rotatable bonds is 9.